The highest BCUT2D eigenvalue weighted by molar-refractivity contribution is 7.89. The van der Waals surface area contributed by atoms with E-state index in [-0.39, 0.29) is 10.7 Å². The molecular weight excluding hydrogens is 408 g/mol. The average molecular weight is 431 g/mol. The Balaban J connectivity index is 2.26. The van der Waals surface area contributed by atoms with Crippen LogP contribution in [0.5, 0.6) is 0 Å². The van der Waals surface area contributed by atoms with E-state index in [1.54, 1.807) is 12.1 Å². The van der Waals surface area contributed by atoms with Crippen LogP contribution in [0.2, 0.25) is 5.02 Å². The molecule has 3 aromatic rings. The molecule has 0 saturated heterocycles. The van der Waals surface area contributed by atoms with Crippen molar-refractivity contribution in [2.24, 2.45) is 12.2 Å². The molecule has 29 heavy (non-hydrogen) atoms. The third kappa shape index (κ3) is 4.15. The summed E-state index contributed by atoms with van der Waals surface area (Å²) < 4.78 is 25.1. The van der Waals surface area contributed by atoms with Gasteiger partial charge in [0.05, 0.1) is 16.3 Å². The van der Waals surface area contributed by atoms with Crippen molar-refractivity contribution >= 4 is 27.4 Å². The van der Waals surface area contributed by atoms with Crippen LogP contribution in [0.3, 0.4) is 0 Å². The predicted molar refractivity (Wildman–Crippen MR) is 117 cm³/mol. The third-order valence-electron chi connectivity index (χ3n) is 4.97. The van der Waals surface area contributed by atoms with E-state index in [0.29, 0.717) is 17.1 Å². The van der Waals surface area contributed by atoms with Gasteiger partial charge in [-0.3, -0.25) is 4.79 Å². The van der Waals surface area contributed by atoms with E-state index in [9.17, 15) is 13.2 Å². The molecule has 2 aromatic carbocycles. The highest BCUT2D eigenvalue weighted by Gasteiger charge is 2.24. The lowest BCUT2D eigenvalue weighted by atomic mass is 9.97. The van der Waals surface area contributed by atoms with E-state index in [4.69, 9.17) is 16.7 Å². The van der Waals surface area contributed by atoms with Crippen LogP contribution in [-0.4, -0.2) is 18.8 Å². The monoisotopic (exact) mass is 430 g/mol. The Kier molecular flexibility index (Phi) is 5.98. The minimum absolute atomic E-state index is 0.0363. The molecule has 0 bridgehead atoms. The molecule has 0 aliphatic rings. The van der Waals surface area contributed by atoms with Gasteiger partial charge >= 0.3 is 0 Å². The van der Waals surface area contributed by atoms with Crippen LogP contribution in [0.4, 0.5) is 0 Å². The van der Waals surface area contributed by atoms with Gasteiger partial charge in [0.25, 0.3) is 0 Å². The van der Waals surface area contributed by atoms with Crippen LogP contribution >= 0.6 is 11.6 Å². The molecule has 0 aliphatic heterocycles. The van der Waals surface area contributed by atoms with Crippen LogP contribution in [0.15, 0.2) is 53.4 Å². The van der Waals surface area contributed by atoms with E-state index in [1.807, 2.05) is 49.7 Å². The summed E-state index contributed by atoms with van der Waals surface area (Å²) in [5.41, 5.74) is 5.00. The van der Waals surface area contributed by atoms with Gasteiger partial charge in [-0.1, -0.05) is 42.8 Å². The molecule has 152 valence electrons. The first-order valence-electron chi connectivity index (χ1n) is 9.26. The van der Waals surface area contributed by atoms with Crippen molar-refractivity contribution in [3.05, 3.63) is 64.8 Å². The van der Waals surface area contributed by atoms with Crippen molar-refractivity contribution in [1.82, 2.24) is 4.57 Å². The molecular formula is C22H23ClN2O3S. The second-order valence-corrected chi connectivity index (χ2v) is 9.00. The number of primary sulfonamides is 1. The molecule has 2 N–H and O–H groups in total. The molecule has 0 fully saturated rings. The molecule has 5 nitrogen and oxygen atoms in total. The molecule has 3 rings (SSSR count). The summed E-state index contributed by atoms with van der Waals surface area (Å²) in [7, 11) is -1.90. The van der Waals surface area contributed by atoms with Gasteiger partial charge in [-0.05, 0) is 54.3 Å². The van der Waals surface area contributed by atoms with Crippen LogP contribution < -0.4 is 5.14 Å². The fourth-order valence-electron chi connectivity index (χ4n) is 3.68. The summed E-state index contributed by atoms with van der Waals surface area (Å²) in [5.74, 6) is 0.0452. The van der Waals surface area contributed by atoms with Crippen molar-refractivity contribution in [3.8, 4) is 22.4 Å². The number of rotatable bonds is 6. The number of ketones is 1. The number of aromatic nitrogens is 1. The Morgan fingerprint density at radius 3 is 2.10 bits per heavy atom. The molecule has 0 spiro atoms. The SMILES string of the molecule is CCCC(=O)c1c(-c2ccc(S(N)(=O)=O)cc2)c(C)c(-c2ccc(Cl)cc2)n1C. The average Bonchev–Trinajstić information content (AvgIpc) is 2.93. The lowest BCUT2D eigenvalue weighted by molar-refractivity contribution is 0.0974. The van der Waals surface area contributed by atoms with E-state index in [2.05, 4.69) is 0 Å². The topological polar surface area (TPSA) is 82.2 Å². The maximum Gasteiger partial charge on any atom is 0.238 e. The van der Waals surface area contributed by atoms with Crippen molar-refractivity contribution in [1.29, 1.82) is 0 Å². The summed E-state index contributed by atoms with van der Waals surface area (Å²) in [6.45, 7) is 3.93. The van der Waals surface area contributed by atoms with Crippen LogP contribution in [0.1, 0.15) is 35.8 Å². The molecule has 0 saturated carbocycles. The van der Waals surface area contributed by atoms with Gasteiger partial charge in [0.1, 0.15) is 0 Å². The molecule has 7 heteroatoms. The smallest absolute Gasteiger partial charge is 0.238 e. The van der Waals surface area contributed by atoms with Gasteiger partial charge in [0, 0.05) is 24.1 Å². The van der Waals surface area contributed by atoms with Crippen LogP contribution in [0, 0.1) is 6.92 Å². The molecule has 0 amide bonds. The van der Waals surface area contributed by atoms with Crippen molar-refractivity contribution in [3.63, 3.8) is 0 Å². The summed E-state index contributed by atoms with van der Waals surface area (Å²) in [4.78, 5) is 13.0. The molecule has 0 aliphatic carbocycles. The van der Waals surface area contributed by atoms with E-state index in [0.717, 1.165) is 34.4 Å². The van der Waals surface area contributed by atoms with Gasteiger partial charge in [0.2, 0.25) is 10.0 Å². The van der Waals surface area contributed by atoms with E-state index in [1.165, 1.54) is 12.1 Å². The predicted octanol–water partition coefficient (Wildman–Crippen LogP) is 4.95. The number of benzene rings is 2. The summed E-state index contributed by atoms with van der Waals surface area (Å²) >= 11 is 6.03. The van der Waals surface area contributed by atoms with Gasteiger partial charge in [-0.25, -0.2) is 13.6 Å². The zero-order valence-electron chi connectivity index (χ0n) is 16.6. The number of carbonyl (C=O) groups excluding carboxylic acids is 1. The highest BCUT2D eigenvalue weighted by Crippen LogP contribution is 2.38. The molecule has 0 radical (unpaired) electrons. The first-order valence-corrected chi connectivity index (χ1v) is 11.2. The Morgan fingerprint density at radius 1 is 1.03 bits per heavy atom. The van der Waals surface area contributed by atoms with Crippen LogP contribution in [-0.2, 0) is 17.1 Å². The number of halogens is 1. The standard InChI is InChI=1S/C22H23ClN2O3S/c1-4-5-19(26)22-20(15-8-12-18(13-9-15)29(24,27)28)14(2)21(25(22)3)16-6-10-17(23)11-7-16/h6-13H,4-5H2,1-3H3,(H2,24,27,28). The Hall–Kier alpha value is -2.41. The van der Waals surface area contributed by atoms with Gasteiger partial charge in [0.15, 0.2) is 5.78 Å². The number of carbonyl (C=O) groups is 1. The maximum atomic E-state index is 13.0. The normalized spacial score (nSPS) is 11.6. The van der Waals surface area contributed by atoms with Crippen molar-refractivity contribution in [2.75, 3.05) is 0 Å². The lowest BCUT2D eigenvalue weighted by Gasteiger charge is -2.09. The van der Waals surface area contributed by atoms with Gasteiger partial charge in [-0.15, -0.1) is 0 Å². The van der Waals surface area contributed by atoms with Crippen molar-refractivity contribution < 1.29 is 13.2 Å². The summed E-state index contributed by atoms with van der Waals surface area (Å²) in [6, 6.07) is 13.8. The fourth-order valence-corrected chi connectivity index (χ4v) is 4.32. The van der Waals surface area contributed by atoms with Gasteiger partial charge in [-0.2, -0.15) is 0 Å². The summed E-state index contributed by atoms with van der Waals surface area (Å²) in [5, 5.41) is 5.85. The number of nitrogens with two attached hydrogens (primary N) is 1. The van der Waals surface area contributed by atoms with E-state index < -0.39 is 10.0 Å². The Morgan fingerprint density at radius 2 is 1.59 bits per heavy atom. The first kappa shape index (κ1) is 21.3. The largest absolute Gasteiger partial charge is 0.340 e. The van der Waals surface area contributed by atoms with Crippen LogP contribution in [0.25, 0.3) is 22.4 Å². The van der Waals surface area contributed by atoms with E-state index >= 15 is 0 Å². The first-order chi connectivity index (χ1) is 13.6. The Bertz CT molecular complexity index is 1160. The Labute approximate surface area is 176 Å². The lowest BCUT2D eigenvalue weighted by Crippen LogP contribution is -2.11. The zero-order chi connectivity index (χ0) is 21.3. The molecule has 1 aromatic heterocycles. The number of hydrogen-bond donors (Lipinski definition) is 1. The quantitative estimate of drug-likeness (QED) is 0.561. The minimum atomic E-state index is -3.78. The zero-order valence-corrected chi connectivity index (χ0v) is 18.1. The maximum absolute atomic E-state index is 13.0. The summed E-state index contributed by atoms with van der Waals surface area (Å²) in [6.07, 6.45) is 1.17. The molecule has 0 atom stereocenters. The van der Waals surface area contributed by atoms with Crippen molar-refractivity contribution in [2.45, 2.75) is 31.6 Å². The minimum Gasteiger partial charge on any atom is -0.340 e. The number of nitrogens with zero attached hydrogens (tertiary/aromatic N) is 1. The third-order valence-corrected chi connectivity index (χ3v) is 6.15. The number of sulfonamides is 1. The second kappa shape index (κ2) is 8.14. The second-order valence-electron chi connectivity index (χ2n) is 7.01. The molecule has 0 unspecified atom stereocenters. The number of hydrogen-bond acceptors (Lipinski definition) is 3. The molecule has 1 heterocycles. The van der Waals surface area contributed by atoms with Gasteiger partial charge < -0.3 is 4.57 Å². The number of Topliss-reactive ketones (excluding diaryl/α,β-unsaturated/α-hetero) is 1. The fraction of sp³-hybridized carbons (Fsp3) is 0.227. The highest BCUT2D eigenvalue weighted by atomic mass is 35.5.